The summed E-state index contributed by atoms with van der Waals surface area (Å²) in [4.78, 5) is 26.9. The Morgan fingerprint density at radius 2 is 1.86 bits per heavy atom. The number of furan rings is 1. The zero-order valence-corrected chi connectivity index (χ0v) is 20.2. The van der Waals surface area contributed by atoms with Gasteiger partial charge in [-0.1, -0.05) is 42.3 Å². The van der Waals surface area contributed by atoms with E-state index in [0.29, 0.717) is 41.8 Å². The first kappa shape index (κ1) is 24.0. The summed E-state index contributed by atoms with van der Waals surface area (Å²) in [6.07, 6.45) is 4.83. The van der Waals surface area contributed by atoms with E-state index in [4.69, 9.17) is 9.07 Å². The lowest BCUT2D eigenvalue weighted by atomic mass is 9.54. The number of ketones is 2. The molecule has 1 fully saturated rings. The van der Waals surface area contributed by atoms with Gasteiger partial charge in [0.1, 0.15) is 18.1 Å². The van der Waals surface area contributed by atoms with E-state index in [-0.39, 0.29) is 36.1 Å². The summed E-state index contributed by atoms with van der Waals surface area (Å²) in [6, 6.07) is 10.7. The average Bonchev–Trinajstić information content (AvgIpc) is 3.32. The highest BCUT2D eigenvalue weighted by Crippen LogP contribution is 2.50. The number of carbonyl (C=O) groups is 2. The summed E-state index contributed by atoms with van der Waals surface area (Å²) >= 11 is 0. The van der Waals surface area contributed by atoms with E-state index < -0.39 is 13.0 Å². The van der Waals surface area contributed by atoms with Crippen molar-refractivity contribution in [3.05, 3.63) is 75.8 Å². The van der Waals surface area contributed by atoms with Gasteiger partial charge in [0.15, 0.2) is 11.6 Å². The Kier molecular flexibility index (Phi) is 6.66. The molecule has 4 atom stereocenters. The van der Waals surface area contributed by atoms with E-state index in [1.54, 1.807) is 24.3 Å². The second-order valence-electron chi connectivity index (χ2n) is 9.92. The third kappa shape index (κ3) is 4.37. The van der Waals surface area contributed by atoms with Crippen LogP contribution >= 0.6 is 0 Å². The molecule has 2 aliphatic carbocycles. The number of aliphatic hydroxyl groups excluding tert-OH is 1. The largest absolute Gasteiger partial charge is 0.459 e. The number of carbonyl (C=O) groups excluding carboxylic acids is 2. The van der Waals surface area contributed by atoms with Crippen LogP contribution in [0.2, 0.25) is 6.32 Å². The molecule has 1 aliphatic heterocycles. The van der Waals surface area contributed by atoms with Gasteiger partial charge in [-0.25, -0.2) is 0 Å². The van der Waals surface area contributed by atoms with Crippen molar-refractivity contribution >= 4 is 24.8 Å². The van der Waals surface area contributed by atoms with Gasteiger partial charge in [0.25, 0.3) is 0 Å². The monoisotopic (exact) mass is 474 g/mol. The molecule has 1 aromatic heterocycles. The number of hydrogen-bond acceptors (Lipinski definition) is 6. The fourth-order valence-electron chi connectivity index (χ4n) is 6.25. The van der Waals surface area contributed by atoms with Crippen LogP contribution in [0.3, 0.4) is 0 Å². The van der Waals surface area contributed by atoms with Crippen molar-refractivity contribution in [1.82, 2.24) is 0 Å². The maximum absolute atomic E-state index is 13.6. The van der Waals surface area contributed by atoms with Crippen molar-refractivity contribution in [3.8, 4) is 0 Å². The lowest BCUT2D eigenvalue weighted by Crippen LogP contribution is -2.50. The molecule has 2 aromatic rings. The van der Waals surface area contributed by atoms with Crippen LogP contribution in [-0.4, -0.2) is 34.9 Å². The quantitative estimate of drug-likeness (QED) is 0.458. The van der Waals surface area contributed by atoms with Crippen molar-refractivity contribution in [1.29, 1.82) is 0 Å². The van der Waals surface area contributed by atoms with Gasteiger partial charge in [-0.3, -0.25) is 9.59 Å². The Bertz CT molecular complexity index is 1210. The molecule has 1 aromatic carbocycles. The Balaban J connectivity index is 1.41. The van der Waals surface area contributed by atoms with Crippen LogP contribution in [0.25, 0.3) is 6.08 Å². The summed E-state index contributed by atoms with van der Waals surface area (Å²) in [7, 11) is -0.966. The normalized spacial score (nSPS) is 26.5. The molecule has 2 N–H and O–H groups in total. The number of fused-ring (bicyclic) bond motifs is 4. The van der Waals surface area contributed by atoms with Crippen LogP contribution in [0.15, 0.2) is 57.5 Å². The molecule has 3 aliphatic rings. The molecular formula is C28H31BO6. The summed E-state index contributed by atoms with van der Waals surface area (Å²) in [5.41, 5.74) is 4.41. The Labute approximate surface area is 205 Å². The topological polar surface area (TPSA) is 97.0 Å². The summed E-state index contributed by atoms with van der Waals surface area (Å²) in [5, 5.41) is 19.9. The van der Waals surface area contributed by atoms with Gasteiger partial charge >= 0.3 is 7.12 Å². The first-order chi connectivity index (χ1) is 16.9. The minimum Gasteiger partial charge on any atom is -0.459 e. The van der Waals surface area contributed by atoms with Crippen molar-refractivity contribution in [2.75, 3.05) is 0 Å². The Morgan fingerprint density at radius 1 is 1.11 bits per heavy atom. The number of benzene rings is 1. The molecule has 35 heavy (non-hydrogen) atoms. The van der Waals surface area contributed by atoms with Crippen LogP contribution in [0.4, 0.5) is 0 Å². The number of aliphatic hydroxyl groups is 1. The minimum atomic E-state index is -0.966. The van der Waals surface area contributed by atoms with E-state index in [9.17, 15) is 19.7 Å². The lowest BCUT2D eigenvalue weighted by molar-refractivity contribution is 0.0601. The summed E-state index contributed by atoms with van der Waals surface area (Å²) < 4.78 is 11.6. The fourth-order valence-corrected chi connectivity index (χ4v) is 6.25. The number of hydrogen-bond donors (Lipinski definition) is 2. The second-order valence-corrected chi connectivity index (χ2v) is 9.92. The second kappa shape index (κ2) is 9.73. The molecule has 7 heteroatoms. The molecular weight excluding hydrogens is 443 g/mol. The lowest BCUT2D eigenvalue weighted by Gasteiger charge is -2.47. The zero-order chi connectivity index (χ0) is 24.7. The number of Topliss-reactive ketones (excluding diaryl/α,β-unsaturated/α-hetero) is 2. The SMILES string of the molecule is CC/C(=C\c1ccc(CO)o1)CC[C@H]1OB(O)C[C@H]2C1=C(C)C[C@H]1C(=O)c3ccccc3C(=O)[C@H]12. The van der Waals surface area contributed by atoms with Gasteiger partial charge < -0.3 is 19.2 Å². The standard InChI is InChI=1S/C28H31BO6/c1-3-17(13-18-9-10-19(15-30)34-18)8-11-24-25-16(2)12-22-26(23(25)14-29(33)35-24)28(32)21-7-5-4-6-20(21)27(22)31/h4-7,9-10,13,22-24,26,30,33H,3,8,11-12,14-15H2,1-2H3/b17-13+/t22-,23+,24-,26-/m1/s1. The molecule has 0 unspecified atom stereocenters. The van der Waals surface area contributed by atoms with E-state index in [2.05, 4.69) is 6.92 Å². The van der Waals surface area contributed by atoms with Gasteiger partial charge in [-0.15, -0.1) is 0 Å². The van der Waals surface area contributed by atoms with Crippen LogP contribution in [0.5, 0.6) is 0 Å². The Morgan fingerprint density at radius 3 is 2.54 bits per heavy atom. The Hall–Kier alpha value is -2.74. The van der Waals surface area contributed by atoms with Crippen molar-refractivity contribution in [3.63, 3.8) is 0 Å². The first-order valence-corrected chi connectivity index (χ1v) is 12.5. The van der Waals surface area contributed by atoms with Gasteiger partial charge in [0.05, 0.1) is 6.10 Å². The number of allylic oxidation sites excluding steroid dienone is 2. The molecule has 0 bridgehead atoms. The molecule has 0 radical (unpaired) electrons. The molecule has 0 spiro atoms. The molecule has 5 rings (SSSR count). The van der Waals surface area contributed by atoms with Crippen molar-refractivity contribution < 1.29 is 28.8 Å². The third-order valence-corrected chi connectivity index (χ3v) is 7.87. The predicted octanol–water partition coefficient (Wildman–Crippen LogP) is 4.87. The molecule has 0 saturated carbocycles. The van der Waals surface area contributed by atoms with Gasteiger partial charge in [-0.2, -0.15) is 0 Å². The maximum atomic E-state index is 13.6. The highest BCUT2D eigenvalue weighted by atomic mass is 16.5. The number of rotatable bonds is 6. The molecule has 2 heterocycles. The summed E-state index contributed by atoms with van der Waals surface area (Å²) in [6.45, 7) is 3.99. The zero-order valence-electron chi connectivity index (χ0n) is 20.2. The summed E-state index contributed by atoms with van der Waals surface area (Å²) in [5.74, 6) is 0.269. The van der Waals surface area contributed by atoms with Gasteiger partial charge in [0, 0.05) is 23.0 Å². The van der Waals surface area contributed by atoms with Crippen LogP contribution in [0, 0.1) is 17.8 Å². The van der Waals surface area contributed by atoms with Crippen LogP contribution in [-0.2, 0) is 11.3 Å². The van der Waals surface area contributed by atoms with Gasteiger partial charge in [0.2, 0.25) is 0 Å². The minimum absolute atomic E-state index is 0.0136. The third-order valence-electron chi connectivity index (χ3n) is 7.87. The van der Waals surface area contributed by atoms with Crippen LogP contribution < -0.4 is 0 Å². The maximum Gasteiger partial charge on any atom is 0.455 e. The van der Waals surface area contributed by atoms with E-state index in [1.807, 2.05) is 25.1 Å². The van der Waals surface area contributed by atoms with Crippen LogP contribution in [0.1, 0.15) is 71.8 Å². The highest BCUT2D eigenvalue weighted by molar-refractivity contribution is 6.43. The fraction of sp³-hybridized carbons (Fsp3) is 0.429. The molecule has 6 nitrogen and oxygen atoms in total. The van der Waals surface area contributed by atoms with Gasteiger partial charge in [-0.05, 0) is 68.6 Å². The molecule has 0 amide bonds. The predicted molar refractivity (Wildman–Crippen MR) is 133 cm³/mol. The van der Waals surface area contributed by atoms with E-state index in [0.717, 1.165) is 24.0 Å². The molecule has 1 saturated heterocycles. The van der Waals surface area contributed by atoms with E-state index in [1.165, 1.54) is 5.57 Å². The smallest absolute Gasteiger partial charge is 0.455 e. The van der Waals surface area contributed by atoms with Crippen molar-refractivity contribution in [2.45, 2.75) is 58.6 Å². The first-order valence-electron chi connectivity index (χ1n) is 12.5. The molecule has 182 valence electrons. The highest BCUT2D eigenvalue weighted by Gasteiger charge is 2.52. The average molecular weight is 474 g/mol. The van der Waals surface area contributed by atoms with E-state index >= 15 is 0 Å². The van der Waals surface area contributed by atoms with Crippen molar-refractivity contribution in [2.24, 2.45) is 17.8 Å².